The van der Waals surface area contributed by atoms with Gasteiger partial charge in [0.2, 0.25) is 0 Å². The van der Waals surface area contributed by atoms with Gasteiger partial charge in [0.05, 0.1) is 6.61 Å². The smallest absolute Gasteiger partial charge is 0.0589 e. The monoisotopic (exact) mass is 282 g/mol. The van der Waals surface area contributed by atoms with Crippen LogP contribution < -0.4 is 5.32 Å². The Morgan fingerprint density at radius 1 is 1.15 bits per heavy atom. The molecular formula is C17H34N2O. The largest absolute Gasteiger partial charge is 0.383 e. The van der Waals surface area contributed by atoms with Crippen LogP contribution in [-0.2, 0) is 4.74 Å². The summed E-state index contributed by atoms with van der Waals surface area (Å²) in [5, 5.41) is 3.81. The zero-order valence-electron chi connectivity index (χ0n) is 13.7. The normalized spacial score (nSPS) is 28.8. The molecule has 0 amide bonds. The van der Waals surface area contributed by atoms with Crippen molar-refractivity contribution in [3.63, 3.8) is 0 Å². The molecule has 0 saturated heterocycles. The number of rotatable bonds is 9. The summed E-state index contributed by atoms with van der Waals surface area (Å²) in [5.74, 6) is 1.80. The van der Waals surface area contributed by atoms with Crippen LogP contribution in [0, 0.1) is 11.8 Å². The average molecular weight is 282 g/mol. The first-order valence-electron chi connectivity index (χ1n) is 8.68. The number of methoxy groups -OCH3 is 1. The minimum Gasteiger partial charge on any atom is -0.383 e. The third kappa shape index (κ3) is 5.01. The Balaban J connectivity index is 1.70. The predicted octanol–water partition coefficient (Wildman–Crippen LogP) is 2.90. The molecule has 3 heteroatoms. The minimum atomic E-state index is 0.732. The Hall–Kier alpha value is -0.120. The molecule has 118 valence electrons. The molecule has 2 aliphatic rings. The molecule has 20 heavy (non-hydrogen) atoms. The molecule has 0 aromatic rings. The summed E-state index contributed by atoms with van der Waals surface area (Å²) in [5.41, 5.74) is 0. The van der Waals surface area contributed by atoms with Crippen LogP contribution in [0.25, 0.3) is 0 Å². The fourth-order valence-electron chi connectivity index (χ4n) is 3.62. The molecule has 1 N–H and O–H groups in total. The summed E-state index contributed by atoms with van der Waals surface area (Å²) in [6, 6.07) is 1.49. The summed E-state index contributed by atoms with van der Waals surface area (Å²) in [4.78, 5) is 2.63. The summed E-state index contributed by atoms with van der Waals surface area (Å²) >= 11 is 0. The van der Waals surface area contributed by atoms with Gasteiger partial charge in [0.15, 0.2) is 0 Å². The first-order chi connectivity index (χ1) is 9.72. The van der Waals surface area contributed by atoms with Gasteiger partial charge in [-0.25, -0.2) is 0 Å². The van der Waals surface area contributed by atoms with Gasteiger partial charge in [-0.2, -0.15) is 0 Å². The van der Waals surface area contributed by atoms with Crippen molar-refractivity contribution in [1.29, 1.82) is 0 Å². The van der Waals surface area contributed by atoms with Gasteiger partial charge in [0.1, 0.15) is 0 Å². The first kappa shape index (κ1) is 16.3. The Morgan fingerprint density at radius 2 is 1.90 bits per heavy atom. The van der Waals surface area contributed by atoms with E-state index < -0.39 is 0 Å². The van der Waals surface area contributed by atoms with Gasteiger partial charge in [-0.05, 0) is 44.4 Å². The molecule has 0 aliphatic heterocycles. The van der Waals surface area contributed by atoms with Crippen LogP contribution in [0.3, 0.4) is 0 Å². The highest BCUT2D eigenvalue weighted by Crippen LogP contribution is 2.35. The van der Waals surface area contributed by atoms with Crippen LogP contribution in [0.5, 0.6) is 0 Å². The molecule has 0 aromatic heterocycles. The van der Waals surface area contributed by atoms with Gasteiger partial charge in [-0.15, -0.1) is 0 Å². The number of hydrogen-bond donors (Lipinski definition) is 1. The maximum Gasteiger partial charge on any atom is 0.0589 e. The van der Waals surface area contributed by atoms with E-state index in [1.54, 1.807) is 0 Å². The highest BCUT2D eigenvalue weighted by atomic mass is 16.5. The van der Waals surface area contributed by atoms with Gasteiger partial charge >= 0.3 is 0 Å². The SMILES string of the molecule is COCCN(CCNC1CCCCC1C)C(C)C1CC1. The number of nitrogens with zero attached hydrogens (tertiary/aromatic N) is 1. The van der Waals surface area contributed by atoms with Crippen molar-refractivity contribution in [2.75, 3.05) is 33.4 Å². The van der Waals surface area contributed by atoms with E-state index in [4.69, 9.17) is 4.74 Å². The molecule has 2 aliphatic carbocycles. The van der Waals surface area contributed by atoms with E-state index >= 15 is 0 Å². The summed E-state index contributed by atoms with van der Waals surface area (Å²) in [7, 11) is 1.81. The second-order valence-electron chi connectivity index (χ2n) is 6.93. The number of nitrogens with one attached hydrogen (secondary N) is 1. The third-order valence-electron chi connectivity index (χ3n) is 5.38. The molecule has 2 fully saturated rings. The van der Waals surface area contributed by atoms with Crippen molar-refractivity contribution in [1.82, 2.24) is 10.2 Å². The zero-order chi connectivity index (χ0) is 14.4. The molecule has 0 bridgehead atoms. The first-order valence-corrected chi connectivity index (χ1v) is 8.68. The van der Waals surface area contributed by atoms with Crippen molar-refractivity contribution < 1.29 is 4.74 Å². The summed E-state index contributed by atoms with van der Waals surface area (Å²) in [6.45, 7) is 9.05. The third-order valence-corrected chi connectivity index (χ3v) is 5.38. The van der Waals surface area contributed by atoms with Gasteiger partial charge in [-0.1, -0.05) is 19.8 Å². The van der Waals surface area contributed by atoms with Crippen molar-refractivity contribution in [2.24, 2.45) is 11.8 Å². The topological polar surface area (TPSA) is 24.5 Å². The Morgan fingerprint density at radius 3 is 2.55 bits per heavy atom. The molecule has 0 aromatic carbocycles. The lowest BCUT2D eigenvalue weighted by Crippen LogP contribution is -2.45. The highest BCUT2D eigenvalue weighted by molar-refractivity contribution is 4.86. The quantitative estimate of drug-likeness (QED) is 0.704. The van der Waals surface area contributed by atoms with Gasteiger partial charge < -0.3 is 10.1 Å². The Kier molecular flexibility index (Phi) is 6.79. The van der Waals surface area contributed by atoms with Crippen LogP contribution in [0.1, 0.15) is 52.4 Å². The van der Waals surface area contributed by atoms with Gasteiger partial charge in [0, 0.05) is 38.8 Å². The molecule has 3 atom stereocenters. The van der Waals surface area contributed by atoms with E-state index in [0.717, 1.165) is 43.6 Å². The lowest BCUT2D eigenvalue weighted by molar-refractivity contribution is 0.115. The van der Waals surface area contributed by atoms with E-state index in [1.807, 2.05) is 7.11 Å². The number of ether oxygens (including phenoxy) is 1. The van der Waals surface area contributed by atoms with Crippen LogP contribution in [0.4, 0.5) is 0 Å². The zero-order valence-corrected chi connectivity index (χ0v) is 13.7. The average Bonchev–Trinajstić information content (AvgIpc) is 3.28. The molecule has 3 unspecified atom stereocenters. The van der Waals surface area contributed by atoms with Crippen LogP contribution in [-0.4, -0.2) is 50.3 Å². The molecular weight excluding hydrogens is 248 g/mol. The van der Waals surface area contributed by atoms with E-state index in [2.05, 4.69) is 24.1 Å². The second kappa shape index (κ2) is 8.35. The van der Waals surface area contributed by atoms with Crippen LogP contribution in [0.15, 0.2) is 0 Å². The van der Waals surface area contributed by atoms with Crippen molar-refractivity contribution >= 4 is 0 Å². The van der Waals surface area contributed by atoms with E-state index in [-0.39, 0.29) is 0 Å². The van der Waals surface area contributed by atoms with Crippen LogP contribution in [0.2, 0.25) is 0 Å². The maximum atomic E-state index is 5.27. The lowest BCUT2D eigenvalue weighted by atomic mass is 9.86. The minimum absolute atomic E-state index is 0.732. The Labute approximate surface area is 125 Å². The van der Waals surface area contributed by atoms with Crippen LogP contribution >= 0.6 is 0 Å². The fraction of sp³-hybridized carbons (Fsp3) is 1.00. The fourth-order valence-corrected chi connectivity index (χ4v) is 3.62. The van der Waals surface area contributed by atoms with Gasteiger partial charge in [-0.3, -0.25) is 4.90 Å². The molecule has 0 heterocycles. The van der Waals surface area contributed by atoms with Crippen molar-refractivity contribution in [3.8, 4) is 0 Å². The van der Waals surface area contributed by atoms with E-state index in [0.29, 0.717) is 0 Å². The predicted molar refractivity (Wildman–Crippen MR) is 85.1 cm³/mol. The standard InChI is InChI=1S/C17H34N2O/c1-14-6-4-5-7-17(14)18-10-11-19(12-13-20-3)15(2)16-8-9-16/h14-18H,4-13H2,1-3H3. The van der Waals surface area contributed by atoms with Crippen molar-refractivity contribution in [3.05, 3.63) is 0 Å². The number of hydrogen-bond acceptors (Lipinski definition) is 3. The molecule has 2 rings (SSSR count). The summed E-state index contributed by atoms with van der Waals surface area (Å²) in [6.07, 6.45) is 8.47. The summed E-state index contributed by atoms with van der Waals surface area (Å²) < 4.78 is 5.27. The van der Waals surface area contributed by atoms with Crippen molar-refractivity contribution in [2.45, 2.75) is 64.5 Å². The van der Waals surface area contributed by atoms with E-state index in [9.17, 15) is 0 Å². The second-order valence-corrected chi connectivity index (χ2v) is 6.93. The Bertz CT molecular complexity index is 268. The lowest BCUT2D eigenvalue weighted by Gasteiger charge is -2.33. The molecule has 0 spiro atoms. The molecule has 0 radical (unpaired) electrons. The maximum absolute atomic E-state index is 5.27. The molecule has 2 saturated carbocycles. The van der Waals surface area contributed by atoms with Gasteiger partial charge in [0.25, 0.3) is 0 Å². The highest BCUT2D eigenvalue weighted by Gasteiger charge is 2.31. The molecule has 3 nitrogen and oxygen atoms in total. The van der Waals surface area contributed by atoms with E-state index in [1.165, 1.54) is 45.1 Å².